The van der Waals surface area contributed by atoms with E-state index in [-0.39, 0.29) is 6.10 Å². The second kappa shape index (κ2) is 8.10. The molecule has 0 radical (unpaired) electrons. The third kappa shape index (κ3) is 5.22. The van der Waals surface area contributed by atoms with Crippen LogP contribution in [-0.4, -0.2) is 61.7 Å². The van der Waals surface area contributed by atoms with Gasteiger partial charge in [-0.05, 0) is 32.2 Å². The summed E-state index contributed by atoms with van der Waals surface area (Å²) in [5.74, 6) is 0.660. The molecule has 1 heterocycles. The number of ether oxygens (including phenoxy) is 2. The summed E-state index contributed by atoms with van der Waals surface area (Å²) in [6, 6.07) is 0.621. The molecule has 1 fully saturated rings. The van der Waals surface area contributed by atoms with Gasteiger partial charge in [0.2, 0.25) is 0 Å². The zero-order chi connectivity index (χ0) is 13.5. The minimum atomic E-state index is -0.399. The summed E-state index contributed by atoms with van der Waals surface area (Å²) in [7, 11) is 1.66. The summed E-state index contributed by atoms with van der Waals surface area (Å²) in [5.41, 5.74) is 0. The molecule has 0 aliphatic carbocycles. The largest absolute Gasteiger partial charge is 0.389 e. The van der Waals surface area contributed by atoms with Gasteiger partial charge in [-0.15, -0.1) is 0 Å². The molecule has 0 amide bonds. The first kappa shape index (κ1) is 15.9. The maximum Gasteiger partial charge on any atom is 0.0900 e. The Kier molecular flexibility index (Phi) is 7.15. The van der Waals surface area contributed by atoms with Crippen molar-refractivity contribution in [3.8, 4) is 0 Å². The van der Waals surface area contributed by atoms with Crippen LogP contribution in [0.2, 0.25) is 0 Å². The minimum absolute atomic E-state index is 0.0455. The third-order valence-electron chi connectivity index (χ3n) is 3.60. The molecule has 3 atom stereocenters. The lowest BCUT2D eigenvalue weighted by Crippen LogP contribution is -2.40. The fourth-order valence-corrected chi connectivity index (χ4v) is 2.72. The van der Waals surface area contributed by atoms with E-state index in [2.05, 4.69) is 18.7 Å². The van der Waals surface area contributed by atoms with Gasteiger partial charge in [0.25, 0.3) is 0 Å². The average molecular weight is 259 g/mol. The van der Waals surface area contributed by atoms with Crippen LogP contribution in [0.4, 0.5) is 0 Å². The molecule has 1 saturated heterocycles. The van der Waals surface area contributed by atoms with Crippen LogP contribution < -0.4 is 0 Å². The molecule has 0 aromatic rings. The van der Waals surface area contributed by atoms with Gasteiger partial charge in [0.05, 0.1) is 25.4 Å². The molecular weight excluding hydrogens is 230 g/mol. The molecule has 1 rings (SSSR count). The van der Waals surface area contributed by atoms with Crippen molar-refractivity contribution < 1.29 is 14.6 Å². The van der Waals surface area contributed by atoms with E-state index in [1.165, 1.54) is 12.8 Å². The molecule has 0 bridgehead atoms. The number of β-amino-alcohol motifs (C(OH)–C–C–N with tert-alkyl or cyclic N) is 1. The fraction of sp³-hybridized carbons (Fsp3) is 1.00. The van der Waals surface area contributed by atoms with E-state index in [0.29, 0.717) is 25.2 Å². The number of aliphatic hydroxyl groups is 1. The number of rotatable bonds is 8. The Balaban J connectivity index is 2.24. The quantitative estimate of drug-likeness (QED) is 0.717. The lowest BCUT2D eigenvalue weighted by molar-refractivity contribution is -0.0416. The number of aliphatic hydroxyl groups excluding tert-OH is 1. The molecule has 18 heavy (non-hydrogen) atoms. The van der Waals surface area contributed by atoms with Gasteiger partial charge in [-0.3, -0.25) is 4.90 Å². The zero-order valence-electron chi connectivity index (χ0n) is 12.3. The normalized spacial score (nSPS) is 24.7. The van der Waals surface area contributed by atoms with Crippen molar-refractivity contribution in [2.24, 2.45) is 5.92 Å². The Morgan fingerprint density at radius 2 is 2.00 bits per heavy atom. The Morgan fingerprint density at radius 3 is 2.61 bits per heavy atom. The zero-order valence-corrected chi connectivity index (χ0v) is 12.3. The minimum Gasteiger partial charge on any atom is -0.389 e. The topological polar surface area (TPSA) is 41.9 Å². The second-order valence-corrected chi connectivity index (χ2v) is 5.70. The average Bonchev–Trinajstić information content (AvgIpc) is 2.75. The van der Waals surface area contributed by atoms with Crippen LogP contribution in [0.5, 0.6) is 0 Å². The predicted molar refractivity (Wildman–Crippen MR) is 72.7 cm³/mol. The molecule has 1 aliphatic heterocycles. The number of hydrogen-bond acceptors (Lipinski definition) is 4. The van der Waals surface area contributed by atoms with Gasteiger partial charge >= 0.3 is 0 Å². The van der Waals surface area contributed by atoms with Crippen LogP contribution >= 0.6 is 0 Å². The molecule has 1 aliphatic rings. The number of methoxy groups -OCH3 is 1. The van der Waals surface area contributed by atoms with Crippen molar-refractivity contribution in [2.75, 3.05) is 33.4 Å². The summed E-state index contributed by atoms with van der Waals surface area (Å²) in [6.45, 7) is 9.27. The highest BCUT2D eigenvalue weighted by Gasteiger charge is 2.28. The lowest BCUT2D eigenvalue weighted by atomic mass is 10.0. The van der Waals surface area contributed by atoms with Gasteiger partial charge in [-0.1, -0.05) is 13.8 Å². The number of nitrogens with zero attached hydrogens (tertiary/aromatic N) is 1. The van der Waals surface area contributed by atoms with Crippen LogP contribution in [0.1, 0.15) is 33.6 Å². The number of hydrogen-bond donors (Lipinski definition) is 1. The fourth-order valence-electron chi connectivity index (χ4n) is 2.72. The van der Waals surface area contributed by atoms with E-state index in [0.717, 1.165) is 13.1 Å². The van der Waals surface area contributed by atoms with Crippen LogP contribution in [0.15, 0.2) is 0 Å². The number of likely N-dealkylation sites (tertiary alicyclic amines) is 1. The maximum atomic E-state index is 10.0. The van der Waals surface area contributed by atoms with Crippen LogP contribution in [0, 0.1) is 5.92 Å². The van der Waals surface area contributed by atoms with Crippen LogP contribution in [0.3, 0.4) is 0 Å². The Labute approximate surface area is 111 Å². The van der Waals surface area contributed by atoms with E-state index in [1.54, 1.807) is 7.11 Å². The molecule has 3 unspecified atom stereocenters. The standard InChI is InChI=1S/C14H29NO3/c1-11(2)14-6-5-7-15(14)8-13(16)10-18-12(3)9-17-4/h11-14,16H,5-10H2,1-4H3. The second-order valence-electron chi connectivity index (χ2n) is 5.70. The molecule has 0 spiro atoms. The Bertz CT molecular complexity index is 223. The van der Waals surface area contributed by atoms with Gasteiger partial charge in [-0.2, -0.15) is 0 Å². The highest BCUT2D eigenvalue weighted by Crippen LogP contribution is 2.23. The van der Waals surface area contributed by atoms with Gasteiger partial charge in [0.15, 0.2) is 0 Å². The summed E-state index contributed by atoms with van der Waals surface area (Å²) in [5, 5.41) is 10.0. The van der Waals surface area contributed by atoms with Crippen molar-refractivity contribution in [2.45, 2.75) is 51.9 Å². The predicted octanol–water partition coefficient (Wildman–Crippen LogP) is 1.52. The van der Waals surface area contributed by atoms with Crippen molar-refractivity contribution in [1.29, 1.82) is 0 Å². The van der Waals surface area contributed by atoms with Crippen molar-refractivity contribution in [1.82, 2.24) is 4.90 Å². The SMILES string of the molecule is COCC(C)OCC(O)CN1CCCC1C(C)C. The molecule has 1 N–H and O–H groups in total. The first-order chi connectivity index (χ1) is 8.54. The first-order valence-corrected chi connectivity index (χ1v) is 7.07. The molecule has 4 heteroatoms. The molecule has 0 aromatic heterocycles. The summed E-state index contributed by atoms with van der Waals surface area (Å²) in [6.07, 6.45) is 2.15. The van der Waals surface area contributed by atoms with Crippen LogP contribution in [-0.2, 0) is 9.47 Å². The Hall–Kier alpha value is -0.160. The monoisotopic (exact) mass is 259 g/mol. The first-order valence-electron chi connectivity index (χ1n) is 7.07. The summed E-state index contributed by atoms with van der Waals surface area (Å²) < 4.78 is 10.5. The van der Waals surface area contributed by atoms with Gasteiger partial charge in [0.1, 0.15) is 0 Å². The van der Waals surface area contributed by atoms with E-state index < -0.39 is 6.10 Å². The van der Waals surface area contributed by atoms with Crippen molar-refractivity contribution >= 4 is 0 Å². The molecular formula is C14H29NO3. The maximum absolute atomic E-state index is 10.0. The summed E-state index contributed by atoms with van der Waals surface area (Å²) >= 11 is 0. The van der Waals surface area contributed by atoms with Crippen molar-refractivity contribution in [3.05, 3.63) is 0 Å². The van der Waals surface area contributed by atoms with E-state index in [9.17, 15) is 5.11 Å². The van der Waals surface area contributed by atoms with E-state index in [1.807, 2.05) is 6.92 Å². The molecule has 4 nitrogen and oxygen atoms in total. The Morgan fingerprint density at radius 1 is 1.28 bits per heavy atom. The smallest absolute Gasteiger partial charge is 0.0900 e. The molecule has 0 aromatic carbocycles. The highest BCUT2D eigenvalue weighted by atomic mass is 16.5. The highest BCUT2D eigenvalue weighted by molar-refractivity contribution is 4.82. The van der Waals surface area contributed by atoms with Crippen molar-refractivity contribution in [3.63, 3.8) is 0 Å². The third-order valence-corrected chi connectivity index (χ3v) is 3.60. The van der Waals surface area contributed by atoms with E-state index in [4.69, 9.17) is 9.47 Å². The lowest BCUT2D eigenvalue weighted by Gasteiger charge is -2.29. The molecule has 0 saturated carbocycles. The van der Waals surface area contributed by atoms with Gasteiger partial charge in [0, 0.05) is 19.7 Å². The molecule has 108 valence electrons. The van der Waals surface area contributed by atoms with Gasteiger partial charge < -0.3 is 14.6 Å². The van der Waals surface area contributed by atoms with E-state index >= 15 is 0 Å². The van der Waals surface area contributed by atoms with Crippen LogP contribution in [0.25, 0.3) is 0 Å². The summed E-state index contributed by atoms with van der Waals surface area (Å²) in [4.78, 5) is 2.40. The van der Waals surface area contributed by atoms with Gasteiger partial charge in [-0.25, -0.2) is 0 Å².